The lowest BCUT2D eigenvalue weighted by molar-refractivity contribution is -0.155. The summed E-state index contributed by atoms with van der Waals surface area (Å²) in [5.74, 6) is 0.171. The number of carbonyl (C=O) groups is 2. The van der Waals surface area contributed by atoms with Crippen molar-refractivity contribution in [3.05, 3.63) is 59.7 Å². The Morgan fingerprint density at radius 2 is 1.79 bits per heavy atom. The van der Waals surface area contributed by atoms with Gasteiger partial charge in [0.25, 0.3) is 5.91 Å². The van der Waals surface area contributed by atoms with Crippen molar-refractivity contribution in [2.75, 3.05) is 38.8 Å². The molecule has 1 atom stereocenters. The van der Waals surface area contributed by atoms with Gasteiger partial charge in [-0.15, -0.1) is 0 Å². The van der Waals surface area contributed by atoms with Crippen molar-refractivity contribution in [2.24, 2.45) is 4.99 Å². The summed E-state index contributed by atoms with van der Waals surface area (Å²) in [4.78, 5) is 32.6. The third kappa shape index (κ3) is 8.97. The van der Waals surface area contributed by atoms with Crippen LogP contribution in [0.3, 0.4) is 0 Å². The van der Waals surface area contributed by atoms with Crippen LogP contribution >= 0.6 is 0 Å². The van der Waals surface area contributed by atoms with Crippen LogP contribution in [0.25, 0.3) is 0 Å². The van der Waals surface area contributed by atoms with Crippen LogP contribution in [0, 0.1) is 0 Å². The summed E-state index contributed by atoms with van der Waals surface area (Å²) in [6, 6.07) is 15.1. The molecule has 2 aromatic rings. The molecule has 39 heavy (non-hydrogen) atoms. The standard InChI is InChI=1S/C29H40N4O6/c1-28(2,3)39-25(35)15-16-29(27(36)32-30-19-21-7-11-23(12-8-21)33(4)5)20-38-26(31-29)22-9-13-24(14-10-22)37-18-6-17-34/h7-14,30,34H,6,15-20H2,1-5H3,(H,32,36)/t29-/m0/s1. The molecule has 0 aromatic heterocycles. The van der Waals surface area contributed by atoms with E-state index in [-0.39, 0.29) is 26.1 Å². The molecule has 0 radical (unpaired) electrons. The Hall–Kier alpha value is -3.63. The number of nitrogens with one attached hydrogen (secondary N) is 2. The van der Waals surface area contributed by atoms with E-state index in [1.807, 2.05) is 43.3 Å². The molecule has 1 amide bonds. The molecule has 10 nitrogen and oxygen atoms in total. The average molecular weight is 541 g/mol. The number of esters is 1. The fraction of sp³-hybridized carbons (Fsp3) is 0.483. The predicted octanol–water partition coefficient (Wildman–Crippen LogP) is 2.97. The number of amides is 1. The highest BCUT2D eigenvalue weighted by atomic mass is 16.6. The third-order valence-corrected chi connectivity index (χ3v) is 5.97. The number of aliphatic imine (C=N–C) groups is 1. The Balaban J connectivity index is 1.71. The number of hydrazine groups is 1. The summed E-state index contributed by atoms with van der Waals surface area (Å²) in [6.45, 7) is 6.28. The van der Waals surface area contributed by atoms with Gasteiger partial charge < -0.3 is 24.2 Å². The monoisotopic (exact) mass is 540 g/mol. The van der Waals surface area contributed by atoms with Gasteiger partial charge in [-0.25, -0.2) is 10.4 Å². The largest absolute Gasteiger partial charge is 0.494 e. The molecule has 3 rings (SSSR count). The van der Waals surface area contributed by atoms with Crippen molar-refractivity contribution < 1.29 is 28.9 Å². The molecule has 0 bridgehead atoms. The number of nitrogens with zero attached hydrogens (tertiary/aromatic N) is 2. The number of aliphatic hydroxyl groups is 1. The lowest BCUT2D eigenvalue weighted by Gasteiger charge is -2.24. The van der Waals surface area contributed by atoms with Crippen molar-refractivity contribution in [3.63, 3.8) is 0 Å². The lowest BCUT2D eigenvalue weighted by Crippen LogP contribution is -2.51. The molecular weight excluding hydrogens is 500 g/mol. The van der Waals surface area contributed by atoms with E-state index in [4.69, 9.17) is 19.3 Å². The van der Waals surface area contributed by atoms with E-state index in [0.29, 0.717) is 36.8 Å². The average Bonchev–Trinajstić information content (AvgIpc) is 3.33. The molecule has 2 aromatic carbocycles. The van der Waals surface area contributed by atoms with E-state index >= 15 is 0 Å². The van der Waals surface area contributed by atoms with E-state index in [0.717, 1.165) is 11.3 Å². The van der Waals surface area contributed by atoms with Gasteiger partial charge in [-0.1, -0.05) is 12.1 Å². The minimum atomic E-state index is -1.30. The smallest absolute Gasteiger partial charge is 0.306 e. The normalized spacial score (nSPS) is 16.7. The number of benzene rings is 2. The van der Waals surface area contributed by atoms with Crippen molar-refractivity contribution in [2.45, 2.75) is 57.7 Å². The second-order valence-electron chi connectivity index (χ2n) is 10.6. The Morgan fingerprint density at radius 1 is 1.10 bits per heavy atom. The third-order valence-electron chi connectivity index (χ3n) is 5.97. The molecule has 0 unspecified atom stereocenters. The summed E-state index contributed by atoms with van der Waals surface area (Å²) in [6.07, 6.45) is 0.676. The molecule has 1 aliphatic rings. The second-order valence-corrected chi connectivity index (χ2v) is 10.6. The van der Waals surface area contributed by atoms with Gasteiger partial charge in [0.05, 0.1) is 6.61 Å². The van der Waals surface area contributed by atoms with Gasteiger partial charge in [0.2, 0.25) is 5.90 Å². The fourth-order valence-corrected chi connectivity index (χ4v) is 3.86. The molecule has 0 spiro atoms. The van der Waals surface area contributed by atoms with Crippen molar-refractivity contribution >= 4 is 23.5 Å². The van der Waals surface area contributed by atoms with E-state index < -0.39 is 23.0 Å². The SMILES string of the molecule is CN(C)c1ccc(CNNC(=O)[C@]2(CCC(=O)OC(C)(C)C)COC(c3ccc(OCCCO)cc3)=N2)cc1. The topological polar surface area (TPSA) is 122 Å². The van der Waals surface area contributed by atoms with E-state index in [9.17, 15) is 9.59 Å². The number of ether oxygens (including phenoxy) is 3. The van der Waals surface area contributed by atoms with Crippen molar-refractivity contribution in [3.8, 4) is 5.75 Å². The maximum absolute atomic E-state index is 13.4. The summed E-state index contributed by atoms with van der Waals surface area (Å²) in [5, 5.41) is 8.92. The highest BCUT2D eigenvalue weighted by Gasteiger charge is 2.45. The van der Waals surface area contributed by atoms with Crippen LogP contribution in [0.5, 0.6) is 5.75 Å². The number of anilines is 1. The van der Waals surface area contributed by atoms with Gasteiger partial charge in [0.15, 0.2) is 5.54 Å². The van der Waals surface area contributed by atoms with Crippen LogP contribution in [0.15, 0.2) is 53.5 Å². The Labute approximate surface area is 230 Å². The number of hydrogen-bond acceptors (Lipinski definition) is 9. The van der Waals surface area contributed by atoms with Gasteiger partial charge in [-0.3, -0.25) is 15.0 Å². The highest BCUT2D eigenvalue weighted by molar-refractivity contribution is 6.00. The van der Waals surface area contributed by atoms with Crippen molar-refractivity contribution in [1.82, 2.24) is 10.9 Å². The van der Waals surface area contributed by atoms with E-state index in [1.54, 1.807) is 45.0 Å². The summed E-state index contributed by atoms with van der Waals surface area (Å²) in [7, 11) is 3.95. The van der Waals surface area contributed by atoms with Gasteiger partial charge in [-0.2, -0.15) is 0 Å². The first kappa shape index (κ1) is 29.9. The molecule has 212 valence electrons. The van der Waals surface area contributed by atoms with Crippen LogP contribution in [0.4, 0.5) is 5.69 Å². The van der Waals surface area contributed by atoms with Gasteiger partial charge in [0.1, 0.15) is 18.0 Å². The van der Waals surface area contributed by atoms with Crippen molar-refractivity contribution in [1.29, 1.82) is 0 Å². The van der Waals surface area contributed by atoms with Gasteiger partial charge >= 0.3 is 5.97 Å². The quantitative estimate of drug-likeness (QED) is 0.201. The molecule has 0 saturated carbocycles. The minimum absolute atomic E-state index is 0.00840. The molecule has 0 fully saturated rings. The molecule has 0 saturated heterocycles. The molecular formula is C29H40N4O6. The second kappa shape index (κ2) is 13.4. The van der Waals surface area contributed by atoms with Crippen LogP contribution in [-0.2, 0) is 25.6 Å². The zero-order chi connectivity index (χ0) is 28.5. The number of hydrogen-bond donors (Lipinski definition) is 3. The number of aliphatic hydroxyl groups excluding tert-OH is 1. The first-order valence-corrected chi connectivity index (χ1v) is 13.1. The molecule has 3 N–H and O–H groups in total. The Morgan fingerprint density at radius 3 is 2.41 bits per heavy atom. The van der Waals surface area contributed by atoms with Gasteiger partial charge in [-0.05, 0) is 69.2 Å². The first-order valence-electron chi connectivity index (χ1n) is 13.1. The predicted molar refractivity (Wildman–Crippen MR) is 150 cm³/mol. The van der Waals surface area contributed by atoms with E-state index in [1.165, 1.54) is 0 Å². The number of rotatable bonds is 13. The summed E-state index contributed by atoms with van der Waals surface area (Å²) >= 11 is 0. The summed E-state index contributed by atoms with van der Waals surface area (Å²) < 4.78 is 16.9. The van der Waals surface area contributed by atoms with Crippen LogP contribution in [0.1, 0.15) is 51.2 Å². The molecule has 1 aliphatic heterocycles. The summed E-state index contributed by atoms with van der Waals surface area (Å²) in [5.41, 5.74) is 6.57. The van der Waals surface area contributed by atoms with E-state index in [2.05, 4.69) is 15.8 Å². The van der Waals surface area contributed by atoms with Crippen LogP contribution < -0.4 is 20.5 Å². The maximum Gasteiger partial charge on any atom is 0.306 e. The number of carbonyl (C=O) groups excluding carboxylic acids is 2. The molecule has 0 aliphatic carbocycles. The Bertz CT molecular complexity index is 1130. The maximum atomic E-state index is 13.4. The lowest BCUT2D eigenvalue weighted by atomic mass is 9.94. The van der Waals surface area contributed by atoms with Crippen LogP contribution in [-0.4, -0.2) is 67.9 Å². The fourth-order valence-electron chi connectivity index (χ4n) is 3.86. The first-order chi connectivity index (χ1) is 18.5. The van der Waals surface area contributed by atoms with Crippen LogP contribution in [0.2, 0.25) is 0 Å². The zero-order valence-corrected chi connectivity index (χ0v) is 23.5. The molecule has 1 heterocycles. The zero-order valence-electron chi connectivity index (χ0n) is 23.5. The highest BCUT2D eigenvalue weighted by Crippen LogP contribution is 2.28. The Kier molecular flexibility index (Phi) is 10.3. The van der Waals surface area contributed by atoms with Gasteiger partial charge in [0, 0.05) is 51.3 Å². The minimum Gasteiger partial charge on any atom is -0.494 e. The molecule has 10 heteroatoms.